The first-order chi connectivity index (χ1) is 17.2. The number of fused-ring (bicyclic) bond motifs is 2. The Labute approximate surface area is 204 Å². The second kappa shape index (κ2) is 8.81. The Hall–Kier alpha value is -4.30. The largest absolute Gasteiger partial charge is 0.280 e. The van der Waals surface area contributed by atoms with E-state index in [1.54, 1.807) is 24.2 Å². The third-order valence-corrected chi connectivity index (χ3v) is 6.93. The van der Waals surface area contributed by atoms with Crippen LogP contribution in [0, 0.1) is 0 Å². The highest BCUT2D eigenvalue weighted by atomic mass is 32.1. The summed E-state index contributed by atoms with van der Waals surface area (Å²) in [6.45, 7) is 2.12. The number of thiazole rings is 1. The van der Waals surface area contributed by atoms with E-state index in [0.717, 1.165) is 43.9 Å². The SMILES string of the molecule is C[C@H](Cc1ncnc2scnc12)c1cc2cccc(-c3ccnnc3)c2c(=O)n1-c1ccccc1. The van der Waals surface area contributed by atoms with E-state index < -0.39 is 0 Å². The molecule has 6 rings (SSSR count). The van der Waals surface area contributed by atoms with Crippen LogP contribution in [-0.4, -0.2) is 29.7 Å². The van der Waals surface area contributed by atoms with Gasteiger partial charge in [-0.15, -0.1) is 11.3 Å². The Kier molecular flexibility index (Phi) is 5.35. The molecule has 0 fully saturated rings. The standard InChI is InChI=1S/C27H20N6OS/c1-17(12-22-25-26(29-15-28-22)35-16-30-25)23-13-18-6-5-9-21(19-10-11-31-32-14-19)24(18)27(34)33(23)20-7-3-2-4-8-20/h2-11,13-17H,12H2,1H3/t17-/m1/s1. The molecule has 0 spiro atoms. The summed E-state index contributed by atoms with van der Waals surface area (Å²) in [5.74, 6) is -0.00152. The van der Waals surface area contributed by atoms with Gasteiger partial charge < -0.3 is 0 Å². The smallest absolute Gasteiger partial charge is 0.263 e. The van der Waals surface area contributed by atoms with Crippen molar-refractivity contribution in [2.45, 2.75) is 19.3 Å². The minimum Gasteiger partial charge on any atom is -0.280 e. The molecule has 170 valence electrons. The number of rotatable bonds is 5. The van der Waals surface area contributed by atoms with Crippen LogP contribution in [0.3, 0.4) is 0 Å². The Morgan fingerprint density at radius 1 is 0.971 bits per heavy atom. The molecular formula is C27H20N6OS. The molecule has 0 aliphatic carbocycles. The van der Waals surface area contributed by atoms with Gasteiger partial charge >= 0.3 is 0 Å². The van der Waals surface area contributed by atoms with Crippen LogP contribution in [-0.2, 0) is 6.42 Å². The van der Waals surface area contributed by atoms with Crippen LogP contribution in [0.15, 0.2) is 89.7 Å². The number of nitrogens with zero attached hydrogens (tertiary/aromatic N) is 6. The lowest BCUT2D eigenvalue weighted by molar-refractivity contribution is 0.687. The summed E-state index contributed by atoms with van der Waals surface area (Å²) in [6, 6.07) is 19.7. The van der Waals surface area contributed by atoms with Gasteiger partial charge in [-0.25, -0.2) is 15.0 Å². The van der Waals surface area contributed by atoms with E-state index in [1.165, 1.54) is 11.3 Å². The molecule has 1 atom stereocenters. The van der Waals surface area contributed by atoms with E-state index in [0.29, 0.717) is 11.8 Å². The highest BCUT2D eigenvalue weighted by Crippen LogP contribution is 2.31. The minimum atomic E-state index is -0.0653. The van der Waals surface area contributed by atoms with Crippen molar-refractivity contribution in [1.82, 2.24) is 29.7 Å². The third kappa shape index (κ3) is 3.77. The van der Waals surface area contributed by atoms with Crippen LogP contribution in [0.4, 0.5) is 0 Å². The van der Waals surface area contributed by atoms with Crippen LogP contribution < -0.4 is 5.56 Å². The predicted octanol–water partition coefficient (Wildman–Crippen LogP) is 5.19. The van der Waals surface area contributed by atoms with Gasteiger partial charge in [-0.3, -0.25) is 9.36 Å². The molecular weight excluding hydrogens is 456 g/mol. The van der Waals surface area contributed by atoms with E-state index in [9.17, 15) is 4.79 Å². The van der Waals surface area contributed by atoms with Gasteiger partial charge in [0.25, 0.3) is 5.56 Å². The topological polar surface area (TPSA) is 86.5 Å². The molecule has 4 heterocycles. The van der Waals surface area contributed by atoms with Crippen molar-refractivity contribution in [3.63, 3.8) is 0 Å². The maximum atomic E-state index is 14.2. The minimum absolute atomic E-state index is 0.00152. The van der Waals surface area contributed by atoms with Gasteiger partial charge in [-0.1, -0.05) is 43.3 Å². The van der Waals surface area contributed by atoms with Gasteiger partial charge in [-0.05, 0) is 35.2 Å². The Morgan fingerprint density at radius 3 is 2.69 bits per heavy atom. The molecule has 6 aromatic rings. The lowest BCUT2D eigenvalue weighted by Gasteiger charge is -2.21. The molecule has 0 radical (unpaired) electrons. The van der Waals surface area contributed by atoms with E-state index in [4.69, 9.17) is 0 Å². The zero-order valence-corrected chi connectivity index (χ0v) is 19.7. The molecule has 0 aliphatic rings. The Morgan fingerprint density at radius 2 is 1.86 bits per heavy atom. The maximum Gasteiger partial charge on any atom is 0.263 e. The van der Waals surface area contributed by atoms with E-state index in [2.05, 4.69) is 38.1 Å². The van der Waals surface area contributed by atoms with Crippen LogP contribution in [0.2, 0.25) is 0 Å². The van der Waals surface area contributed by atoms with Crippen LogP contribution in [0.25, 0.3) is 37.9 Å². The van der Waals surface area contributed by atoms with Crippen molar-refractivity contribution in [3.8, 4) is 16.8 Å². The van der Waals surface area contributed by atoms with Crippen molar-refractivity contribution in [2.24, 2.45) is 0 Å². The number of benzene rings is 2. The van der Waals surface area contributed by atoms with Crippen LogP contribution in [0.1, 0.15) is 24.2 Å². The zero-order chi connectivity index (χ0) is 23.8. The van der Waals surface area contributed by atoms with Crippen molar-refractivity contribution in [3.05, 3.63) is 107 Å². The molecule has 8 heteroatoms. The maximum absolute atomic E-state index is 14.2. The van der Waals surface area contributed by atoms with Gasteiger partial charge in [0, 0.05) is 29.3 Å². The molecule has 0 saturated heterocycles. The zero-order valence-electron chi connectivity index (χ0n) is 18.9. The molecule has 7 nitrogen and oxygen atoms in total. The average Bonchev–Trinajstić information content (AvgIpc) is 3.39. The number of para-hydroxylation sites is 1. The second-order valence-corrected chi connectivity index (χ2v) is 9.21. The molecule has 0 bridgehead atoms. The summed E-state index contributed by atoms with van der Waals surface area (Å²) < 4.78 is 1.82. The number of pyridine rings is 1. The summed E-state index contributed by atoms with van der Waals surface area (Å²) in [5, 5.41) is 9.45. The van der Waals surface area contributed by atoms with Crippen molar-refractivity contribution < 1.29 is 0 Å². The van der Waals surface area contributed by atoms with Gasteiger partial charge in [0.05, 0.1) is 29.0 Å². The van der Waals surface area contributed by atoms with Gasteiger partial charge in [0.2, 0.25) is 0 Å². The summed E-state index contributed by atoms with van der Waals surface area (Å²) >= 11 is 1.50. The van der Waals surface area contributed by atoms with Crippen molar-refractivity contribution >= 4 is 32.5 Å². The first-order valence-corrected chi connectivity index (χ1v) is 12.1. The van der Waals surface area contributed by atoms with Gasteiger partial charge in [0.15, 0.2) is 0 Å². The lowest BCUT2D eigenvalue weighted by atomic mass is 9.95. The van der Waals surface area contributed by atoms with Crippen molar-refractivity contribution in [1.29, 1.82) is 0 Å². The molecule has 4 aromatic heterocycles. The molecule has 0 saturated carbocycles. The molecule has 0 amide bonds. The molecule has 0 aliphatic heterocycles. The van der Waals surface area contributed by atoms with E-state index in [1.807, 2.05) is 59.2 Å². The van der Waals surface area contributed by atoms with Crippen LogP contribution in [0.5, 0.6) is 0 Å². The highest BCUT2D eigenvalue weighted by molar-refractivity contribution is 7.16. The quantitative estimate of drug-likeness (QED) is 0.340. The summed E-state index contributed by atoms with van der Waals surface area (Å²) in [5.41, 5.74) is 6.87. The number of hydrogen-bond donors (Lipinski definition) is 0. The number of hydrogen-bond acceptors (Lipinski definition) is 7. The lowest BCUT2D eigenvalue weighted by Crippen LogP contribution is -2.24. The second-order valence-electron chi connectivity index (χ2n) is 8.38. The average molecular weight is 477 g/mol. The highest BCUT2D eigenvalue weighted by Gasteiger charge is 2.20. The first-order valence-electron chi connectivity index (χ1n) is 11.2. The van der Waals surface area contributed by atoms with Gasteiger partial charge in [-0.2, -0.15) is 10.2 Å². The monoisotopic (exact) mass is 476 g/mol. The fourth-order valence-electron chi connectivity index (χ4n) is 4.56. The third-order valence-electron chi connectivity index (χ3n) is 6.20. The van der Waals surface area contributed by atoms with E-state index in [-0.39, 0.29) is 11.5 Å². The number of aromatic nitrogens is 6. The Bertz CT molecular complexity index is 1710. The fraction of sp³-hybridized carbons (Fsp3) is 0.111. The molecule has 0 unspecified atom stereocenters. The van der Waals surface area contributed by atoms with Crippen LogP contribution >= 0.6 is 11.3 Å². The Balaban J connectivity index is 1.58. The summed E-state index contributed by atoms with van der Waals surface area (Å²) in [6.07, 6.45) is 5.55. The summed E-state index contributed by atoms with van der Waals surface area (Å²) in [4.78, 5) is 28.3. The predicted molar refractivity (Wildman–Crippen MR) is 138 cm³/mol. The molecule has 35 heavy (non-hydrogen) atoms. The summed E-state index contributed by atoms with van der Waals surface area (Å²) in [7, 11) is 0. The van der Waals surface area contributed by atoms with Crippen molar-refractivity contribution in [2.75, 3.05) is 0 Å². The van der Waals surface area contributed by atoms with Gasteiger partial charge in [0.1, 0.15) is 16.7 Å². The molecule has 0 N–H and O–H groups in total. The molecule has 2 aromatic carbocycles. The van der Waals surface area contributed by atoms with E-state index >= 15 is 0 Å². The first kappa shape index (κ1) is 21.2. The fourth-order valence-corrected chi connectivity index (χ4v) is 5.21. The normalized spacial score (nSPS) is 12.3.